The Hall–Kier alpha value is -1.59. The van der Waals surface area contributed by atoms with E-state index in [1.54, 1.807) is 4.90 Å². The Bertz CT molecular complexity index is 567. The van der Waals surface area contributed by atoms with Gasteiger partial charge in [-0.1, -0.05) is 30.3 Å². The number of nitrogens with one attached hydrogen (secondary N) is 1. The average Bonchev–Trinajstić information content (AvgIpc) is 3.05. The Labute approximate surface area is 149 Å². The molecule has 2 amide bonds. The molecule has 2 aliphatic heterocycles. The van der Waals surface area contributed by atoms with Gasteiger partial charge in [-0.15, -0.1) is 12.4 Å². The minimum atomic E-state index is -0.267. The quantitative estimate of drug-likeness (QED) is 0.897. The first-order chi connectivity index (χ1) is 11.1. The van der Waals surface area contributed by atoms with Gasteiger partial charge in [-0.05, 0) is 25.3 Å². The Morgan fingerprint density at radius 1 is 1.21 bits per heavy atom. The van der Waals surface area contributed by atoms with Gasteiger partial charge in [-0.3, -0.25) is 9.59 Å². The number of hydrogen-bond donors (Lipinski definition) is 1. The number of hydrogen-bond acceptors (Lipinski definition) is 3. The van der Waals surface area contributed by atoms with Gasteiger partial charge in [0.2, 0.25) is 11.8 Å². The number of nitrogens with zero attached hydrogens (tertiary/aromatic N) is 2. The maximum absolute atomic E-state index is 12.8. The smallest absolute Gasteiger partial charge is 0.245 e. The van der Waals surface area contributed by atoms with Crippen LogP contribution in [0.15, 0.2) is 30.3 Å². The molecular weight excluding hydrogens is 326 g/mol. The van der Waals surface area contributed by atoms with Crippen LogP contribution in [0.1, 0.15) is 25.3 Å². The second kappa shape index (κ2) is 8.49. The van der Waals surface area contributed by atoms with Crippen molar-refractivity contribution in [2.24, 2.45) is 0 Å². The van der Waals surface area contributed by atoms with Crippen molar-refractivity contribution in [3.8, 4) is 0 Å². The third-order valence-electron chi connectivity index (χ3n) is 4.74. The molecule has 3 rings (SSSR count). The molecule has 2 unspecified atom stereocenters. The van der Waals surface area contributed by atoms with Crippen LogP contribution in [0.25, 0.3) is 0 Å². The lowest BCUT2D eigenvalue weighted by molar-refractivity contribution is -0.144. The van der Waals surface area contributed by atoms with E-state index < -0.39 is 0 Å². The SMILES string of the molecule is CC1CN(C(=O)C2CCCN2C(=O)Cc2ccccc2)CCN1.Cl. The summed E-state index contributed by atoms with van der Waals surface area (Å²) in [5, 5.41) is 3.35. The van der Waals surface area contributed by atoms with Gasteiger partial charge in [0.25, 0.3) is 0 Å². The van der Waals surface area contributed by atoms with Gasteiger partial charge < -0.3 is 15.1 Å². The molecule has 132 valence electrons. The molecule has 0 spiro atoms. The normalized spacial score (nSPS) is 23.7. The highest BCUT2D eigenvalue weighted by atomic mass is 35.5. The number of carbonyl (C=O) groups is 2. The molecule has 2 aliphatic rings. The van der Waals surface area contributed by atoms with Crippen molar-refractivity contribution in [2.45, 2.75) is 38.3 Å². The van der Waals surface area contributed by atoms with Crippen molar-refractivity contribution in [3.05, 3.63) is 35.9 Å². The molecule has 1 aromatic carbocycles. The van der Waals surface area contributed by atoms with Crippen LogP contribution in [0.3, 0.4) is 0 Å². The van der Waals surface area contributed by atoms with Gasteiger partial charge >= 0.3 is 0 Å². The van der Waals surface area contributed by atoms with E-state index in [9.17, 15) is 9.59 Å². The van der Waals surface area contributed by atoms with Crippen molar-refractivity contribution >= 4 is 24.2 Å². The number of rotatable bonds is 3. The van der Waals surface area contributed by atoms with Crippen molar-refractivity contribution in [3.63, 3.8) is 0 Å². The summed E-state index contributed by atoms with van der Waals surface area (Å²) in [6.45, 7) is 5.09. The number of piperazine rings is 1. The summed E-state index contributed by atoms with van der Waals surface area (Å²) >= 11 is 0. The van der Waals surface area contributed by atoms with E-state index in [4.69, 9.17) is 0 Å². The van der Waals surface area contributed by atoms with Gasteiger partial charge in [0.1, 0.15) is 6.04 Å². The van der Waals surface area contributed by atoms with Gasteiger partial charge in [-0.25, -0.2) is 0 Å². The molecule has 2 atom stereocenters. The van der Waals surface area contributed by atoms with E-state index in [-0.39, 0.29) is 30.3 Å². The predicted octanol–water partition coefficient (Wildman–Crippen LogP) is 1.46. The first-order valence-electron chi connectivity index (χ1n) is 8.50. The van der Waals surface area contributed by atoms with Gasteiger partial charge in [-0.2, -0.15) is 0 Å². The van der Waals surface area contributed by atoms with Crippen LogP contribution in [0.4, 0.5) is 0 Å². The highest BCUT2D eigenvalue weighted by molar-refractivity contribution is 5.89. The molecule has 1 aromatic rings. The third kappa shape index (κ3) is 4.28. The molecule has 0 radical (unpaired) electrons. The second-order valence-electron chi connectivity index (χ2n) is 6.55. The molecule has 5 nitrogen and oxygen atoms in total. The highest BCUT2D eigenvalue weighted by Crippen LogP contribution is 2.21. The molecular formula is C18H26ClN3O2. The standard InChI is InChI=1S/C18H25N3O2.ClH/c1-14-13-20(11-9-19-14)18(23)16-8-5-10-21(16)17(22)12-15-6-3-2-4-7-15;/h2-4,6-7,14,16,19H,5,8-13H2,1H3;1H. The molecule has 6 heteroatoms. The Morgan fingerprint density at radius 3 is 2.67 bits per heavy atom. The number of benzene rings is 1. The second-order valence-corrected chi connectivity index (χ2v) is 6.55. The molecule has 2 heterocycles. The summed E-state index contributed by atoms with van der Waals surface area (Å²) in [5.41, 5.74) is 1.01. The van der Waals surface area contributed by atoms with Gasteiger partial charge in [0, 0.05) is 32.2 Å². The van der Waals surface area contributed by atoms with E-state index in [0.717, 1.165) is 38.0 Å². The van der Waals surface area contributed by atoms with E-state index >= 15 is 0 Å². The lowest BCUT2D eigenvalue weighted by atomic mass is 10.1. The monoisotopic (exact) mass is 351 g/mol. The topological polar surface area (TPSA) is 52.7 Å². The Morgan fingerprint density at radius 2 is 1.96 bits per heavy atom. The third-order valence-corrected chi connectivity index (χ3v) is 4.74. The van der Waals surface area contributed by atoms with Crippen molar-refractivity contribution < 1.29 is 9.59 Å². The van der Waals surface area contributed by atoms with E-state index in [1.165, 1.54) is 0 Å². The zero-order chi connectivity index (χ0) is 16.2. The summed E-state index contributed by atoms with van der Waals surface area (Å²) in [5.74, 6) is 0.187. The molecule has 0 aromatic heterocycles. The van der Waals surface area contributed by atoms with Crippen molar-refractivity contribution in [2.75, 3.05) is 26.2 Å². The minimum Gasteiger partial charge on any atom is -0.338 e. The van der Waals surface area contributed by atoms with E-state index in [0.29, 0.717) is 19.0 Å². The zero-order valence-corrected chi connectivity index (χ0v) is 14.9. The fourth-order valence-electron chi connectivity index (χ4n) is 3.54. The fraction of sp³-hybridized carbons (Fsp3) is 0.556. The molecule has 24 heavy (non-hydrogen) atoms. The molecule has 0 bridgehead atoms. The van der Waals surface area contributed by atoms with Crippen molar-refractivity contribution in [1.82, 2.24) is 15.1 Å². The summed E-state index contributed by atoms with van der Waals surface area (Å²) in [6.07, 6.45) is 2.08. The number of likely N-dealkylation sites (tertiary alicyclic amines) is 1. The largest absolute Gasteiger partial charge is 0.338 e. The summed E-state index contributed by atoms with van der Waals surface area (Å²) in [7, 11) is 0. The van der Waals surface area contributed by atoms with Crippen LogP contribution < -0.4 is 5.32 Å². The average molecular weight is 352 g/mol. The lowest BCUT2D eigenvalue weighted by Gasteiger charge is -2.35. The number of amides is 2. The summed E-state index contributed by atoms with van der Waals surface area (Å²) in [6, 6.07) is 9.81. The maximum Gasteiger partial charge on any atom is 0.245 e. The summed E-state index contributed by atoms with van der Waals surface area (Å²) < 4.78 is 0. The van der Waals surface area contributed by atoms with Crippen LogP contribution in [-0.4, -0.2) is 59.9 Å². The van der Waals surface area contributed by atoms with Crippen LogP contribution in [0, 0.1) is 0 Å². The number of carbonyl (C=O) groups excluding carboxylic acids is 2. The van der Waals surface area contributed by atoms with E-state index in [2.05, 4.69) is 12.2 Å². The lowest BCUT2D eigenvalue weighted by Crippen LogP contribution is -2.56. The van der Waals surface area contributed by atoms with Gasteiger partial charge in [0.15, 0.2) is 0 Å². The van der Waals surface area contributed by atoms with Crippen molar-refractivity contribution in [1.29, 1.82) is 0 Å². The van der Waals surface area contributed by atoms with Gasteiger partial charge in [0.05, 0.1) is 6.42 Å². The molecule has 2 fully saturated rings. The molecule has 2 saturated heterocycles. The molecule has 0 aliphatic carbocycles. The minimum absolute atomic E-state index is 0. The molecule has 0 saturated carbocycles. The van der Waals surface area contributed by atoms with Crippen LogP contribution in [-0.2, 0) is 16.0 Å². The maximum atomic E-state index is 12.8. The molecule has 1 N–H and O–H groups in total. The fourth-order valence-corrected chi connectivity index (χ4v) is 3.54. The highest BCUT2D eigenvalue weighted by Gasteiger charge is 2.37. The Balaban J connectivity index is 0.00000208. The first-order valence-corrected chi connectivity index (χ1v) is 8.50. The number of halogens is 1. The summed E-state index contributed by atoms with van der Waals surface area (Å²) in [4.78, 5) is 29.1. The van der Waals surface area contributed by atoms with Crippen LogP contribution in [0.2, 0.25) is 0 Å². The first kappa shape index (κ1) is 18.7. The van der Waals surface area contributed by atoms with Crippen LogP contribution >= 0.6 is 12.4 Å². The Kier molecular flexibility index (Phi) is 6.63. The van der Waals surface area contributed by atoms with Crippen LogP contribution in [0.5, 0.6) is 0 Å². The zero-order valence-electron chi connectivity index (χ0n) is 14.1. The predicted molar refractivity (Wildman–Crippen MR) is 96.2 cm³/mol. The van der Waals surface area contributed by atoms with E-state index in [1.807, 2.05) is 35.2 Å².